The molecule has 1 fully saturated rings. The minimum Gasteiger partial charge on any atom is -0.383 e. The maximum Gasteiger partial charge on any atom is 0.194 e. The van der Waals surface area contributed by atoms with Crippen molar-refractivity contribution in [1.29, 1.82) is 0 Å². The largest absolute Gasteiger partial charge is 0.383 e. The van der Waals surface area contributed by atoms with Crippen molar-refractivity contribution in [3.8, 4) is 0 Å². The summed E-state index contributed by atoms with van der Waals surface area (Å²) in [6.07, 6.45) is 0.284. The van der Waals surface area contributed by atoms with Crippen molar-refractivity contribution >= 4 is 11.5 Å². The van der Waals surface area contributed by atoms with Gasteiger partial charge in [-0.2, -0.15) is 0 Å². The molecule has 0 spiro atoms. The molecular weight excluding hydrogens is 202 g/mol. The third kappa shape index (κ3) is 1.28. The van der Waals surface area contributed by atoms with Gasteiger partial charge in [0.05, 0.1) is 11.6 Å². The summed E-state index contributed by atoms with van der Waals surface area (Å²) in [7, 11) is 0. The molecule has 1 saturated carbocycles. The second-order valence-electron chi connectivity index (χ2n) is 4.54. The van der Waals surface area contributed by atoms with E-state index in [0.717, 1.165) is 11.3 Å². The minimum atomic E-state index is -0.329. The highest BCUT2D eigenvalue weighted by atomic mass is 16.6. The average molecular weight is 215 g/mol. The zero-order valence-corrected chi connectivity index (χ0v) is 9.09. The van der Waals surface area contributed by atoms with E-state index >= 15 is 0 Å². The fraction of sp³-hybridized carbons (Fsp3) is 0.385. The van der Waals surface area contributed by atoms with E-state index in [4.69, 9.17) is 4.84 Å². The lowest BCUT2D eigenvalue weighted by molar-refractivity contribution is -0.126. The van der Waals surface area contributed by atoms with Crippen LogP contribution in [0.1, 0.15) is 18.9 Å². The van der Waals surface area contributed by atoms with Gasteiger partial charge in [0.15, 0.2) is 11.9 Å². The fourth-order valence-corrected chi connectivity index (χ4v) is 2.62. The molecule has 1 aliphatic carbocycles. The average Bonchev–Trinajstić information content (AvgIpc) is 2.84. The van der Waals surface area contributed by atoms with Crippen LogP contribution in [0.5, 0.6) is 0 Å². The molecule has 1 aromatic carbocycles. The van der Waals surface area contributed by atoms with Crippen molar-refractivity contribution in [2.45, 2.75) is 19.4 Å². The fourth-order valence-electron chi connectivity index (χ4n) is 2.62. The molecule has 0 amide bonds. The summed E-state index contributed by atoms with van der Waals surface area (Å²) in [6, 6.07) is 9.96. The standard InChI is InChI=1S/C13H13NO2/c1-8-7-10(15)13-11(8)12(14-16-13)9-5-3-2-4-6-9/h2-6,8,11,13H,7H2,1H3/t8-,11+,13+/m0/s1. The zero-order chi connectivity index (χ0) is 11.1. The van der Waals surface area contributed by atoms with Gasteiger partial charge in [0.1, 0.15) is 0 Å². The van der Waals surface area contributed by atoms with Crippen molar-refractivity contribution < 1.29 is 9.63 Å². The van der Waals surface area contributed by atoms with Crippen LogP contribution in [0.3, 0.4) is 0 Å². The van der Waals surface area contributed by atoms with E-state index in [2.05, 4.69) is 12.1 Å². The summed E-state index contributed by atoms with van der Waals surface area (Å²) in [5.41, 5.74) is 2.00. The number of hydrogen-bond donors (Lipinski definition) is 0. The van der Waals surface area contributed by atoms with E-state index in [1.807, 2.05) is 30.3 Å². The van der Waals surface area contributed by atoms with Crippen LogP contribution >= 0.6 is 0 Å². The van der Waals surface area contributed by atoms with Crippen LogP contribution < -0.4 is 0 Å². The van der Waals surface area contributed by atoms with Gasteiger partial charge in [-0.15, -0.1) is 0 Å². The van der Waals surface area contributed by atoms with Crippen molar-refractivity contribution in [1.82, 2.24) is 0 Å². The molecule has 0 unspecified atom stereocenters. The van der Waals surface area contributed by atoms with Gasteiger partial charge in [-0.1, -0.05) is 42.4 Å². The molecule has 0 saturated heterocycles. The van der Waals surface area contributed by atoms with Crippen LogP contribution in [0.2, 0.25) is 0 Å². The number of ketones is 1. The smallest absolute Gasteiger partial charge is 0.194 e. The number of carbonyl (C=O) groups is 1. The first-order chi connectivity index (χ1) is 7.77. The Morgan fingerprint density at radius 1 is 1.31 bits per heavy atom. The maximum atomic E-state index is 11.6. The molecule has 0 aromatic heterocycles. The van der Waals surface area contributed by atoms with Gasteiger partial charge in [-0.3, -0.25) is 4.79 Å². The van der Waals surface area contributed by atoms with Crippen LogP contribution in [0.25, 0.3) is 0 Å². The van der Waals surface area contributed by atoms with E-state index < -0.39 is 0 Å². The number of carbonyl (C=O) groups excluding carboxylic acids is 1. The highest BCUT2D eigenvalue weighted by molar-refractivity contribution is 6.08. The first-order valence-electron chi connectivity index (χ1n) is 5.59. The molecule has 3 atom stereocenters. The highest BCUT2D eigenvalue weighted by Gasteiger charge is 2.48. The lowest BCUT2D eigenvalue weighted by Gasteiger charge is -2.12. The topological polar surface area (TPSA) is 38.7 Å². The molecule has 82 valence electrons. The van der Waals surface area contributed by atoms with Crippen molar-refractivity contribution in [3.63, 3.8) is 0 Å². The number of fused-ring (bicyclic) bond motifs is 1. The molecule has 1 heterocycles. The minimum absolute atomic E-state index is 0.148. The molecule has 2 aliphatic rings. The van der Waals surface area contributed by atoms with Crippen LogP contribution in [0, 0.1) is 11.8 Å². The molecule has 0 radical (unpaired) electrons. The lowest BCUT2D eigenvalue weighted by atomic mass is 9.88. The SMILES string of the molecule is C[C@H]1CC(=O)[C@H]2ON=C(c3ccccc3)[C@H]21. The van der Waals surface area contributed by atoms with E-state index in [0.29, 0.717) is 12.3 Å². The number of nitrogens with zero attached hydrogens (tertiary/aromatic N) is 1. The Bertz CT molecular complexity index is 452. The number of hydrogen-bond acceptors (Lipinski definition) is 3. The van der Waals surface area contributed by atoms with Crippen molar-refractivity contribution in [3.05, 3.63) is 35.9 Å². The molecule has 1 aromatic rings. The second kappa shape index (κ2) is 3.44. The van der Waals surface area contributed by atoms with Gasteiger partial charge in [0.25, 0.3) is 0 Å². The molecule has 16 heavy (non-hydrogen) atoms. The summed E-state index contributed by atoms with van der Waals surface area (Å²) in [4.78, 5) is 16.9. The molecule has 0 N–H and O–H groups in total. The summed E-state index contributed by atoms with van der Waals surface area (Å²) in [5.74, 6) is 0.668. The molecule has 3 nitrogen and oxygen atoms in total. The predicted molar refractivity (Wildman–Crippen MR) is 60.1 cm³/mol. The zero-order valence-electron chi connectivity index (χ0n) is 9.09. The van der Waals surface area contributed by atoms with Crippen LogP contribution in [0.4, 0.5) is 0 Å². The van der Waals surface area contributed by atoms with Crippen molar-refractivity contribution in [2.75, 3.05) is 0 Å². The van der Waals surface area contributed by atoms with E-state index in [9.17, 15) is 4.79 Å². The van der Waals surface area contributed by atoms with E-state index in [-0.39, 0.29) is 17.8 Å². The number of oxime groups is 1. The second-order valence-corrected chi connectivity index (χ2v) is 4.54. The van der Waals surface area contributed by atoms with Gasteiger partial charge < -0.3 is 4.84 Å². The van der Waals surface area contributed by atoms with Gasteiger partial charge in [-0.05, 0) is 11.5 Å². The maximum absolute atomic E-state index is 11.6. The Kier molecular flexibility index (Phi) is 2.06. The van der Waals surface area contributed by atoms with E-state index in [1.165, 1.54) is 0 Å². The van der Waals surface area contributed by atoms with Gasteiger partial charge in [0.2, 0.25) is 0 Å². The Hall–Kier alpha value is -1.64. The summed E-state index contributed by atoms with van der Waals surface area (Å²) in [6.45, 7) is 2.09. The molecule has 0 bridgehead atoms. The van der Waals surface area contributed by atoms with Crippen LogP contribution in [-0.2, 0) is 9.63 Å². The Labute approximate surface area is 94.1 Å². The normalized spacial score (nSPS) is 32.2. The summed E-state index contributed by atoms with van der Waals surface area (Å²) < 4.78 is 0. The van der Waals surface area contributed by atoms with Gasteiger partial charge in [-0.25, -0.2) is 0 Å². The molecule has 3 rings (SSSR count). The number of rotatable bonds is 1. The van der Waals surface area contributed by atoms with Crippen LogP contribution in [-0.4, -0.2) is 17.6 Å². The third-order valence-corrected chi connectivity index (χ3v) is 3.43. The van der Waals surface area contributed by atoms with E-state index in [1.54, 1.807) is 0 Å². The summed E-state index contributed by atoms with van der Waals surface area (Å²) >= 11 is 0. The quantitative estimate of drug-likeness (QED) is 0.718. The van der Waals surface area contributed by atoms with Gasteiger partial charge in [0, 0.05) is 6.42 Å². The first-order valence-corrected chi connectivity index (χ1v) is 5.59. The van der Waals surface area contributed by atoms with Crippen molar-refractivity contribution in [2.24, 2.45) is 17.0 Å². The molecule has 1 aliphatic heterocycles. The molecular formula is C13H13NO2. The third-order valence-electron chi connectivity index (χ3n) is 3.43. The Balaban J connectivity index is 1.97. The molecule has 3 heteroatoms. The lowest BCUT2D eigenvalue weighted by Crippen LogP contribution is -2.25. The number of benzene rings is 1. The Morgan fingerprint density at radius 2 is 2.06 bits per heavy atom. The monoisotopic (exact) mass is 215 g/mol. The summed E-state index contributed by atoms with van der Waals surface area (Å²) in [5, 5.41) is 4.09. The highest BCUT2D eigenvalue weighted by Crippen LogP contribution is 2.38. The first kappa shape index (κ1) is 9.58. The Morgan fingerprint density at radius 3 is 2.81 bits per heavy atom. The van der Waals surface area contributed by atoms with Gasteiger partial charge >= 0.3 is 0 Å². The number of Topliss-reactive ketones (excluding diaryl/α,β-unsaturated/α-hetero) is 1. The van der Waals surface area contributed by atoms with Crippen LogP contribution in [0.15, 0.2) is 35.5 Å². The predicted octanol–water partition coefficient (Wildman–Crippen LogP) is 2.01.